The maximum absolute atomic E-state index is 11.5. The number of pyridine rings is 1. The molecule has 16 heavy (non-hydrogen) atoms. The lowest BCUT2D eigenvalue weighted by Crippen LogP contribution is -2.16. The summed E-state index contributed by atoms with van der Waals surface area (Å²) in [6, 6.07) is 3.45. The molecule has 1 aromatic rings. The molecular formula is C11H14N2O3. The number of carboxylic acids is 1. The standard InChI is InChI=1S/C11H14N2O3/c1-8(6-11(15)16)5-10(14)13-9-3-2-4-12-7-9/h2-4,7-8H,5-6H2,1H3,(H,13,14)(H,15,16)/t8-/m0/s1. The molecule has 0 saturated carbocycles. The predicted molar refractivity (Wildman–Crippen MR) is 58.9 cm³/mol. The number of carbonyl (C=O) groups excluding carboxylic acids is 1. The molecular weight excluding hydrogens is 208 g/mol. The van der Waals surface area contributed by atoms with Gasteiger partial charge in [0.15, 0.2) is 0 Å². The van der Waals surface area contributed by atoms with Crippen molar-refractivity contribution in [2.75, 3.05) is 5.32 Å². The molecule has 0 aliphatic heterocycles. The van der Waals surface area contributed by atoms with Gasteiger partial charge in [0.05, 0.1) is 11.9 Å². The zero-order valence-electron chi connectivity index (χ0n) is 9.01. The van der Waals surface area contributed by atoms with Gasteiger partial charge < -0.3 is 10.4 Å². The Balaban J connectivity index is 2.39. The maximum atomic E-state index is 11.5. The number of nitrogens with zero attached hydrogens (tertiary/aromatic N) is 1. The third-order valence-corrected chi connectivity index (χ3v) is 2.00. The highest BCUT2D eigenvalue weighted by atomic mass is 16.4. The number of rotatable bonds is 5. The first-order valence-electron chi connectivity index (χ1n) is 4.99. The van der Waals surface area contributed by atoms with E-state index in [1.807, 2.05) is 0 Å². The second kappa shape index (κ2) is 5.85. The fourth-order valence-corrected chi connectivity index (χ4v) is 1.34. The van der Waals surface area contributed by atoms with Crippen molar-refractivity contribution in [1.29, 1.82) is 0 Å². The van der Waals surface area contributed by atoms with Crippen LogP contribution in [0.3, 0.4) is 0 Å². The monoisotopic (exact) mass is 222 g/mol. The van der Waals surface area contributed by atoms with E-state index in [2.05, 4.69) is 10.3 Å². The summed E-state index contributed by atoms with van der Waals surface area (Å²) in [6.45, 7) is 1.73. The Labute approximate surface area is 93.5 Å². The fraction of sp³-hybridized carbons (Fsp3) is 0.364. The highest BCUT2D eigenvalue weighted by Crippen LogP contribution is 2.10. The smallest absolute Gasteiger partial charge is 0.303 e. The summed E-state index contributed by atoms with van der Waals surface area (Å²) < 4.78 is 0. The predicted octanol–water partition coefficient (Wildman–Crippen LogP) is 1.52. The van der Waals surface area contributed by atoms with Crippen molar-refractivity contribution >= 4 is 17.6 Å². The summed E-state index contributed by atoms with van der Waals surface area (Å²) >= 11 is 0. The van der Waals surface area contributed by atoms with E-state index >= 15 is 0 Å². The average molecular weight is 222 g/mol. The molecule has 2 N–H and O–H groups in total. The normalized spacial score (nSPS) is 11.8. The van der Waals surface area contributed by atoms with Crippen LogP contribution >= 0.6 is 0 Å². The minimum Gasteiger partial charge on any atom is -0.481 e. The highest BCUT2D eigenvalue weighted by Gasteiger charge is 2.12. The lowest BCUT2D eigenvalue weighted by atomic mass is 10.0. The molecule has 1 heterocycles. The van der Waals surface area contributed by atoms with Gasteiger partial charge >= 0.3 is 5.97 Å². The summed E-state index contributed by atoms with van der Waals surface area (Å²) in [4.78, 5) is 25.7. The number of hydrogen-bond donors (Lipinski definition) is 2. The van der Waals surface area contributed by atoms with Crippen LogP contribution in [0.25, 0.3) is 0 Å². The Hall–Kier alpha value is -1.91. The van der Waals surface area contributed by atoms with Crippen molar-refractivity contribution in [2.24, 2.45) is 5.92 Å². The van der Waals surface area contributed by atoms with Crippen molar-refractivity contribution in [1.82, 2.24) is 4.98 Å². The van der Waals surface area contributed by atoms with Crippen molar-refractivity contribution < 1.29 is 14.7 Å². The van der Waals surface area contributed by atoms with Gasteiger partial charge in [-0.15, -0.1) is 0 Å². The van der Waals surface area contributed by atoms with E-state index in [9.17, 15) is 9.59 Å². The van der Waals surface area contributed by atoms with Crippen molar-refractivity contribution in [2.45, 2.75) is 19.8 Å². The van der Waals surface area contributed by atoms with Crippen molar-refractivity contribution in [3.8, 4) is 0 Å². The van der Waals surface area contributed by atoms with Crippen molar-refractivity contribution in [3.05, 3.63) is 24.5 Å². The summed E-state index contributed by atoms with van der Waals surface area (Å²) in [5, 5.41) is 11.2. The Morgan fingerprint density at radius 2 is 2.25 bits per heavy atom. The van der Waals surface area contributed by atoms with Crippen LogP contribution in [-0.2, 0) is 9.59 Å². The molecule has 0 spiro atoms. The molecule has 0 aliphatic rings. The SMILES string of the molecule is C[C@H](CC(=O)O)CC(=O)Nc1cccnc1. The molecule has 0 aromatic carbocycles. The maximum Gasteiger partial charge on any atom is 0.303 e. The summed E-state index contributed by atoms with van der Waals surface area (Å²) in [6.07, 6.45) is 3.35. The van der Waals surface area contributed by atoms with Crippen LogP contribution in [0.4, 0.5) is 5.69 Å². The summed E-state index contributed by atoms with van der Waals surface area (Å²) in [5.41, 5.74) is 0.620. The van der Waals surface area contributed by atoms with Gasteiger partial charge in [-0.25, -0.2) is 0 Å². The van der Waals surface area contributed by atoms with Gasteiger partial charge in [0.25, 0.3) is 0 Å². The van der Waals surface area contributed by atoms with Crippen LogP contribution < -0.4 is 5.32 Å². The Morgan fingerprint density at radius 3 is 2.81 bits per heavy atom. The van der Waals surface area contributed by atoms with Crippen LogP contribution in [0.2, 0.25) is 0 Å². The van der Waals surface area contributed by atoms with E-state index in [4.69, 9.17) is 5.11 Å². The summed E-state index contributed by atoms with van der Waals surface area (Å²) in [5.74, 6) is -1.25. The number of aliphatic carboxylic acids is 1. The average Bonchev–Trinajstić information content (AvgIpc) is 2.17. The summed E-state index contributed by atoms with van der Waals surface area (Å²) in [7, 11) is 0. The first-order valence-corrected chi connectivity index (χ1v) is 4.99. The van der Waals surface area contributed by atoms with Crippen LogP contribution in [-0.4, -0.2) is 22.0 Å². The van der Waals surface area contributed by atoms with Crippen LogP contribution in [0.5, 0.6) is 0 Å². The quantitative estimate of drug-likeness (QED) is 0.791. The van der Waals surface area contributed by atoms with Crippen LogP contribution in [0.15, 0.2) is 24.5 Å². The van der Waals surface area contributed by atoms with Crippen LogP contribution in [0.1, 0.15) is 19.8 Å². The Morgan fingerprint density at radius 1 is 1.50 bits per heavy atom. The second-order valence-electron chi connectivity index (χ2n) is 3.70. The van der Waals surface area contributed by atoms with Gasteiger partial charge in [0, 0.05) is 19.0 Å². The molecule has 1 aromatic heterocycles. The Bertz CT molecular complexity index is 365. The van der Waals surface area contributed by atoms with E-state index in [-0.39, 0.29) is 24.7 Å². The molecule has 1 rings (SSSR count). The van der Waals surface area contributed by atoms with E-state index < -0.39 is 5.97 Å². The molecule has 0 fully saturated rings. The topological polar surface area (TPSA) is 79.3 Å². The highest BCUT2D eigenvalue weighted by molar-refractivity contribution is 5.90. The minimum atomic E-state index is -0.887. The lowest BCUT2D eigenvalue weighted by molar-refractivity contribution is -0.138. The molecule has 1 atom stereocenters. The van der Waals surface area contributed by atoms with Crippen LogP contribution in [0, 0.1) is 5.92 Å². The molecule has 5 heteroatoms. The van der Waals surface area contributed by atoms with E-state index in [1.54, 1.807) is 31.5 Å². The number of carboxylic acid groups (broad SMARTS) is 1. The minimum absolute atomic E-state index is 0.000456. The number of amides is 1. The van der Waals surface area contributed by atoms with Gasteiger partial charge in [-0.1, -0.05) is 6.92 Å². The van der Waals surface area contributed by atoms with E-state index in [0.717, 1.165) is 0 Å². The number of nitrogens with one attached hydrogen (secondary N) is 1. The third kappa shape index (κ3) is 4.54. The van der Waals surface area contributed by atoms with Crippen molar-refractivity contribution in [3.63, 3.8) is 0 Å². The van der Waals surface area contributed by atoms with Gasteiger partial charge in [-0.05, 0) is 18.1 Å². The van der Waals surface area contributed by atoms with Gasteiger partial charge in [0.2, 0.25) is 5.91 Å². The lowest BCUT2D eigenvalue weighted by Gasteiger charge is -2.08. The molecule has 5 nitrogen and oxygen atoms in total. The largest absolute Gasteiger partial charge is 0.481 e. The molecule has 0 bridgehead atoms. The fourth-order valence-electron chi connectivity index (χ4n) is 1.34. The number of carbonyl (C=O) groups is 2. The first-order chi connectivity index (χ1) is 7.58. The number of hydrogen-bond acceptors (Lipinski definition) is 3. The van der Waals surface area contributed by atoms with Gasteiger partial charge in [-0.3, -0.25) is 14.6 Å². The van der Waals surface area contributed by atoms with Gasteiger partial charge in [0.1, 0.15) is 0 Å². The third-order valence-electron chi connectivity index (χ3n) is 2.00. The Kier molecular flexibility index (Phi) is 4.44. The zero-order valence-corrected chi connectivity index (χ0v) is 9.01. The van der Waals surface area contributed by atoms with E-state index in [1.165, 1.54) is 0 Å². The molecule has 0 saturated heterocycles. The number of anilines is 1. The first kappa shape index (κ1) is 12.2. The molecule has 86 valence electrons. The second-order valence-corrected chi connectivity index (χ2v) is 3.70. The molecule has 0 unspecified atom stereocenters. The molecule has 1 amide bonds. The number of aromatic nitrogens is 1. The zero-order chi connectivity index (χ0) is 12.0. The van der Waals surface area contributed by atoms with Gasteiger partial charge in [-0.2, -0.15) is 0 Å². The molecule has 0 aliphatic carbocycles. The van der Waals surface area contributed by atoms with E-state index in [0.29, 0.717) is 5.69 Å². The molecule has 0 radical (unpaired) electrons.